The highest BCUT2D eigenvalue weighted by atomic mass is 32.1. The number of fused-ring (bicyclic) bond motifs is 1. The van der Waals surface area contributed by atoms with E-state index in [1.807, 2.05) is 24.4 Å². The zero-order valence-corrected chi connectivity index (χ0v) is 16.0. The van der Waals surface area contributed by atoms with E-state index in [2.05, 4.69) is 24.0 Å². The lowest BCUT2D eigenvalue weighted by molar-refractivity contribution is -0.147. The van der Waals surface area contributed by atoms with Gasteiger partial charge in [-0.05, 0) is 30.9 Å². The number of aryl methyl sites for hydroxylation is 1. The number of carbonyl (C=O) groups excluding carboxylic acids is 1. The molecule has 1 aromatic carbocycles. The van der Waals surface area contributed by atoms with Gasteiger partial charge in [0.05, 0.1) is 18.3 Å². The fourth-order valence-electron chi connectivity index (χ4n) is 3.02. The monoisotopic (exact) mass is 370 g/mol. The van der Waals surface area contributed by atoms with Crippen LogP contribution in [0.5, 0.6) is 0 Å². The van der Waals surface area contributed by atoms with E-state index in [4.69, 9.17) is 4.74 Å². The van der Waals surface area contributed by atoms with Gasteiger partial charge in [-0.3, -0.25) is 9.36 Å². The lowest BCUT2D eigenvalue weighted by Crippen LogP contribution is -2.31. The van der Waals surface area contributed by atoms with Crippen molar-refractivity contribution in [3.8, 4) is 11.1 Å². The summed E-state index contributed by atoms with van der Waals surface area (Å²) in [6.07, 6.45) is 2.89. The van der Waals surface area contributed by atoms with Gasteiger partial charge in [0.25, 0.3) is 5.56 Å². The molecular formula is C20H22N2O3S. The van der Waals surface area contributed by atoms with Crippen LogP contribution in [0.25, 0.3) is 21.3 Å². The molecule has 6 heteroatoms. The molecule has 26 heavy (non-hydrogen) atoms. The Bertz CT molecular complexity index is 973. The Hall–Kier alpha value is -2.47. The summed E-state index contributed by atoms with van der Waals surface area (Å²) in [7, 11) is 0. The number of aromatic nitrogens is 2. The van der Waals surface area contributed by atoms with Crippen LogP contribution < -0.4 is 5.56 Å². The lowest BCUT2D eigenvalue weighted by atomic mass is 10.0. The number of ether oxygens (including phenoxy) is 1. The summed E-state index contributed by atoms with van der Waals surface area (Å²) < 4.78 is 6.51. The summed E-state index contributed by atoms with van der Waals surface area (Å²) in [5.41, 5.74) is 2.88. The molecule has 1 atom stereocenters. The number of hydrogen-bond acceptors (Lipinski definition) is 5. The molecule has 2 heterocycles. The average molecular weight is 370 g/mol. The Labute approximate surface area is 156 Å². The van der Waals surface area contributed by atoms with Gasteiger partial charge in [-0.2, -0.15) is 0 Å². The quantitative estimate of drug-likeness (QED) is 0.610. The zero-order valence-electron chi connectivity index (χ0n) is 15.2. The fourth-order valence-corrected chi connectivity index (χ4v) is 3.92. The normalized spacial score (nSPS) is 12.3. The van der Waals surface area contributed by atoms with Gasteiger partial charge in [-0.15, -0.1) is 11.3 Å². The van der Waals surface area contributed by atoms with E-state index in [1.165, 1.54) is 27.8 Å². The molecule has 0 aliphatic heterocycles. The van der Waals surface area contributed by atoms with Crippen LogP contribution >= 0.6 is 11.3 Å². The van der Waals surface area contributed by atoms with Gasteiger partial charge in [-0.25, -0.2) is 9.78 Å². The molecule has 0 spiro atoms. The second kappa shape index (κ2) is 7.83. The molecule has 136 valence electrons. The predicted molar refractivity (Wildman–Crippen MR) is 105 cm³/mol. The smallest absolute Gasteiger partial charge is 0.329 e. The standard InChI is InChI=1S/C20H22N2O3S/c1-4-13-7-9-14(10-8-13)15-11-26-18-17(15)19(23)22(12-21-18)16(5-2)20(24)25-6-3/h7-12,16H,4-6H2,1-3H3/t16-/m0/s1. The molecule has 3 rings (SSSR count). The highest BCUT2D eigenvalue weighted by molar-refractivity contribution is 7.17. The molecule has 0 aliphatic rings. The molecule has 5 nitrogen and oxygen atoms in total. The molecule has 0 unspecified atom stereocenters. The average Bonchev–Trinajstić information content (AvgIpc) is 3.09. The topological polar surface area (TPSA) is 61.2 Å². The van der Waals surface area contributed by atoms with Gasteiger partial charge in [0, 0.05) is 10.9 Å². The first kappa shape index (κ1) is 18.3. The van der Waals surface area contributed by atoms with Crippen LogP contribution in [-0.4, -0.2) is 22.1 Å². The van der Waals surface area contributed by atoms with Crippen molar-refractivity contribution in [2.24, 2.45) is 0 Å². The Balaban J connectivity index is 2.13. The number of esters is 1. The molecule has 0 aliphatic carbocycles. The van der Waals surface area contributed by atoms with E-state index < -0.39 is 12.0 Å². The minimum absolute atomic E-state index is 0.203. The first-order valence-electron chi connectivity index (χ1n) is 8.84. The van der Waals surface area contributed by atoms with Crippen LogP contribution in [0.15, 0.2) is 40.8 Å². The first-order chi connectivity index (χ1) is 12.6. The van der Waals surface area contributed by atoms with Crippen LogP contribution in [-0.2, 0) is 16.0 Å². The zero-order chi connectivity index (χ0) is 18.7. The van der Waals surface area contributed by atoms with Crippen molar-refractivity contribution in [2.75, 3.05) is 6.61 Å². The molecule has 0 fully saturated rings. The summed E-state index contributed by atoms with van der Waals surface area (Å²) >= 11 is 1.44. The maximum Gasteiger partial charge on any atom is 0.329 e. The number of thiophene rings is 1. The van der Waals surface area contributed by atoms with Crippen LogP contribution in [0.1, 0.15) is 38.8 Å². The van der Waals surface area contributed by atoms with Crippen molar-refractivity contribution >= 4 is 27.5 Å². The van der Waals surface area contributed by atoms with E-state index in [-0.39, 0.29) is 12.2 Å². The maximum atomic E-state index is 13.1. The summed E-state index contributed by atoms with van der Waals surface area (Å²) in [4.78, 5) is 30.4. The van der Waals surface area contributed by atoms with Gasteiger partial charge in [-0.1, -0.05) is 38.1 Å². The van der Waals surface area contributed by atoms with E-state index >= 15 is 0 Å². The Morgan fingerprint density at radius 3 is 2.58 bits per heavy atom. The van der Waals surface area contributed by atoms with Crippen molar-refractivity contribution in [3.63, 3.8) is 0 Å². The molecule has 2 aromatic heterocycles. The third-order valence-corrected chi connectivity index (χ3v) is 5.36. The number of benzene rings is 1. The first-order valence-corrected chi connectivity index (χ1v) is 9.72. The van der Waals surface area contributed by atoms with Crippen LogP contribution in [0.4, 0.5) is 0 Å². The number of nitrogens with zero attached hydrogens (tertiary/aromatic N) is 2. The van der Waals surface area contributed by atoms with Crippen molar-refractivity contribution in [3.05, 3.63) is 51.9 Å². The molecule has 0 radical (unpaired) electrons. The second-order valence-corrected chi connectivity index (χ2v) is 6.87. The fraction of sp³-hybridized carbons (Fsp3) is 0.350. The number of hydrogen-bond donors (Lipinski definition) is 0. The second-order valence-electron chi connectivity index (χ2n) is 6.01. The molecule has 0 bridgehead atoms. The van der Waals surface area contributed by atoms with E-state index in [0.717, 1.165) is 17.5 Å². The number of rotatable bonds is 6. The summed E-state index contributed by atoms with van der Waals surface area (Å²) in [5.74, 6) is -0.401. The maximum absolute atomic E-state index is 13.1. The minimum atomic E-state index is -0.658. The van der Waals surface area contributed by atoms with Crippen molar-refractivity contribution in [2.45, 2.75) is 39.7 Å². The SMILES string of the molecule is CCOC(=O)[C@H](CC)n1cnc2scc(-c3ccc(CC)cc3)c2c1=O. The van der Waals surface area contributed by atoms with Crippen LogP contribution in [0.3, 0.4) is 0 Å². The van der Waals surface area contributed by atoms with Crippen LogP contribution in [0.2, 0.25) is 0 Å². The lowest BCUT2D eigenvalue weighted by Gasteiger charge is -2.16. The molecule has 3 aromatic rings. The summed E-state index contributed by atoms with van der Waals surface area (Å²) in [5, 5.41) is 2.51. The molecule has 0 saturated heterocycles. The van der Waals surface area contributed by atoms with Crippen molar-refractivity contribution in [1.82, 2.24) is 9.55 Å². The van der Waals surface area contributed by atoms with E-state index in [1.54, 1.807) is 6.92 Å². The van der Waals surface area contributed by atoms with Crippen molar-refractivity contribution in [1.29, 1.82) is 0 Å². The van der Waals surface area contributed by atoms with Crippen LogP contribution in [0, 0.1) is 0 Å². The highest BCUT2D eigenvalue weighted by Crippen LogP contribution is 2.31. The molecular weight excluding hydrogens is 348 g/mol. The van der Waals surface area contributed by atoms with Gasteiger partial charge in [0.2, 0.25) is 0 Å². The van der Waals surface area contributed by atoms with Gasteiger partial charge < -0.3 is 4.74 Å². The van der Waals surface area contributed by atoms with Gasteiger partial charge >= 0.3 is 5.97 Å². The highest BCUT2D eigenvalue weighted by Gasteiger charge is 2.23. The van der Waals surface area contributed by atoms with Gasteiger partial charge in [0.15, 0.2) is 0 Å². The third kappa shape index (κ3) is 3.29. The third-order valence-electron chi connectivity index (χ3n) is 4.47. The summed E-state index contributed by atoms with van der Waals surface area (Å²) in [6, 6.07) is 7.54. The Kier molecular flexibility index (Phi) is 5.52. The Morgan fingerprint density at radius 1 is 1.23 bits per heavy atom. The predicted octanol–water partition coefficient (Wildman–Crippen LogP) is 4.20. The van der Waals surface area contributed by atoms with Crippen molar-refractivity contribution < 1.29 is 9.53 Å². The summed E-state index contributed by atoms with van der Waals surface area (Å²) in [6.45, 7) is 6.01. The van der Waals surface area contributed by atoms with Gasteiger partial charge in [0.1, 0.15) is 10.9 Å². The molecule has 0 saturated carbocycles. The van der Waals surface area contributed by atoms with E-state index in [0.29, 0.717) is 16.6 Å². The number of carbonyl (C=O) groups is 1. The Morgan fingerprint density at radius 2 is 1.96 bits per heavy atom. The molecule has 0 N–H and O–H groups in total. The van der Waals surface area contributed by atoms with E-state index in [9.17, 15) is 9.59 Å². The largest absolute Gasteiger partial charge is 0.464 e. The molecule has 0 amide bonds. The minimum Gasteiger partial charge on any atom is -0.464 e.